The lowest BCUT2D eigenvalue weighted by molar-refractivity contribution is -0.141. The highest BCUT2D eigenvalue weighted by Crippen LogP contribution is 2.43. The normalized spacial score (nSPS) is 30.4. The molecule has 3 atom stereocenters. The van der Waals surface area contributed by atoms with Crippen LogP contribution < -0.4 is 5.32 Å². The lowest BCUT2D eigenvalue weighted by Crippen LogP contribution is -2.17. The zero-order valence-electron chi connectivity index (χ0n) is 10.3. The molecule has 2 heterocycles. The van der Waals surface area contributed by atoms with Crippen LogP contribution in [0.15, 0.2) is 23.1 Å². The van der Waals surface area contributed by atoms with E-state index in [0.29, 0.717) is 18.2 Å². The van der Waals surface area contributed by atoms with Crippen LogP contribution in [0.4, 0.5) is 0 Å². The van der Waals surface area contributed by atoms with Crippen molar-refractivity contribution in [3.8, 4) is 0 Å². The fourth-order valence-corrected chi connectivity index (χ4v) is 4.21. The van der Waals surface area contributed by atoms with Crippen LogP contribution in [0.25, 0.3) is 0 Å². The minimum Gasteiger partial charge on any atom is -0.481 e. The molecule has 96 valence electrons. The molecule has 0 spiro atoms. The lowest BCUT2D eigenvalue weighted by atomic mass is 9.97. The standard InChI is InChI=1S/C14H17NO2S/c1-8-5-9-3-2-4-11(13(9)18-8)12-6-10(7-15-12)14(16)17/h2-4,8,10,12,15H,5-7H2,1H3,(H,16,17). The Hall–Kier alpha value is -1.00. The Morgan fingerprint density at radius 1 is 1.50 bits per heavy atom. The molecule has 2 N–H and O–H groups in total. The average Bonchev–Trinajstić information content (AvgIpc) is 2.92. The van der Waals surface area contributed by atoms with Crippen LogP contribution in [0.1, 0.15) is 30.5 Å². The number of rotatable bonds is 2. The van der Waals surface area contributed by atoms with Gasteiger partial charge in [0.05, 0.1) is 5.92 Å². The molecule has 2 aliphatic heterocycles. The second kappa shape index (κ2) is 4.59. The van der Waals surface area contributed by atoms with Gasteiger partial charge < -0.3 is 10.4 Å². The smallest absolute Gasteiger partial charge is 0.307 e. The highest BCUT2D eigenvalue weighted by atomic mass is 32.2. The Labute approximate surface area is 111 Å². The summed E-state index contributed by atoms with van der Waals surface area (Å²) >= 11 is 1.93. The number of benzene rings is 1. The van der Waals surface area contributed by atoms with Gasteiger partial charge in [-0.3, -0.25) is 4.79 Å². The largest absolute Gasteiger partial charge is 0.481 e. The van der Waals surface area contributed by atoms with Gasteiger partial charge in [-0.25, -0.2) is 0 Å². The first kappa shape index (κ1) is 12.1. The van der Waals surface area contributed by atoms with Crippen molar-refractivity contribution in [2.45, 2.75) is 36.0 Å². The predicted octanol–water partition coefficient (Wildman–Crippen LogP) is 2.46. The summed E-state index contributed by atoms with van der Waals surface area (Å²) in [5.74, 6) is -0.923. The van der Waals surface area contributed by atoms with Crippen molar-refractivity contribution < 1.29 is 9.90 Å². The van der Waals surface area contributed by atoms with Crippen molar-refractivity contribution in [1.29, 1.82) is 0 Å². The maximum Gasteiger partial charge on any atom is 0.307 e. The van der Waals surface area contributed by atoms with Crippen LogP contribution in [-0.2, 0) is 11.2 Å². The van der Waals surface area contributed by atoms with E-state index in [-0.39, 0.29) is 12.0 Å². The Morgan fingerprint density at radius 3 is 3.06 bits per heavy atom. The molecular formula is C14H17NO2S. The first-order valence-corrected chi connectivity index (χ1v) is 7.27. The molecule has 3 rings (SSSR count). The average molecular weight is 263 g/mol. The number of carbonyl (C=O) groups is 1. The monoisotopic (exact) mass is 263 g/mol. The van der Waals surface area contributed by atoms with E-state index in [1.54, 1.807) is 0 Å². The molecule has 3 unspecified atom stereocenters. The summed E-state index contributed by atoms with van der Waals surface area (Å²) in [5, 5.41) is 13.1. The van der Waals surface area contributed by atoms with Gasteiger partial charge in [-0.1, -0.05) is 25.1 Å². The molecule has 0 bridgehead atoms. The van der Waals surface area contributed by atoms with E-state index in [9.17, 15) is 4.79 Å². The molecule has 4 heteroatoms. The van der Waals surface area contributed by atoms with Gasteiger partial charge in [-0.05, 0) is 24.0 Å². The molecule has 2 aliphatic rings. The van der Waals surface area contributed by atoms with Crippen LogP contribution in [0.5, 0.6) is 0 Å². The molecule has 0 radical (unpaired) electrons. The number of hydrogen-bond acceptors (Lipinski definition) is 3. The lowest BCUT2D eigenvalue weighted by Gasteiger charge is -2.15. The SMILES string of the molecule is CC1Cc2cccc(C3CC(C(=O)O)CN3)c2S1. The summed E-state index contributed by atoms with van der Waals surface area (Å²) in [5.41, 5.74) is 2.72. The van der Waals surface area contributed by atoms with Gasteiger partial charge in [-0.15, -0.1) is 11.8 Å². The Bertz CT molecular complexity index is 489. The Balaban J connectivity index is 1.86. The van der Waals surface area contributed by atoms with Crippen molar-refractivity contribution in [1.82, 2.24) is 5.32 Å². The second-order valence-corrected chi connectivity index (χ2v) is 6.65. The van der Waals surface area contributed by atoms with E-state index < -0.39 is 5.97 Å². The summed E-state index contributed by atoms with van der Waals surface area (Å²) in [6.07, 6.45) is 1.84. The summed E-state index contributed by atoms with van der Waals surface area (Å²) in [6, 6.07) is 6.65. The third-order valence-corrected chi connectivity index (χ3v) is 5.11. The van der Waals surface area contributed by atoms with E-state index in [0.717, 1.165) is 6.42 Å². The molecule has 0 aliphatic carbocycles. The van der Waals surface area contributed by atoms with E-state index in [2.05, 4.69) is 30.4 Å². The first-order chi connectivity index (χ1) is 8.65. The highest BCUT2D eigenvalue weighted by molar-refractivity contribution is 8.00. The number of nitrogens with one attached hydrogen (secondary N) is 1. The van der Waals surface area contributed by atoms with Crippen LogP contribution in [0.3, 0.4) is 0 Å². The van der Waals surface area contributed by atoms with Gasteiger partial charge in [0.2, 0.25) is 0 Å². The summed E-state index contributed by atoms with van der Waals surface area (Å²) in [6.45, 7) is 2.83. The second-order valence-electron chi connectivity index (χ2n) is 5.20. The van der Waals surface area contributed by atoms with Crippen molar-refractivity contribution in [2.75, 3.05) is 6.54 Å². The fourth-order valence-electron chi connectivity index (χ4n) is 2.90. The van der Waals surface area contributed by atoms with Crippen LogP contribution >= 0.6 is 11.8 Å². The van der Waals surface area contributed by atoms with E-state index in [1.807, 2.05) is 11.8 Å². The third-order valence-electron chi connectivity index (χ3n) is 3.81. The van der Waals surface area contributed by atoms with Crippen molar-refractivity contribution in [2.24, 2.45) is 5.92 Å². The summed E-state index contributed by atoms with van der Waals surface area (Å²) in [7, 11) is 0. The maximum absolute atomic E-state index is 11.0. The molecule has 1 saturated heterocycles. The van der Waals surface area contributed by atoms with Gasteiger partial charge in [0.15, 0.2) is 0 Å². The maximum atomic E-state index is 11.0. The molecule has 1 fully saturated rings. The summed E-state index contributed by atoms with van der Waals surface area (Å²) in [4.78, 5) is 12.4. The highest BCUT2D eigenvalue weighted by Gasteiger charge is 2.33. The minimum atomic E-state index is -0.682. The number of fused-ring (bicyclic) bond motifs is 1. The molecule has 0 saturated carbocycles. The van der Waals surface area contributed by atoms with Gasteiger partial charge in [0, 0.05) is 22.7 Å². The van der Waals surface area contributed by atoms with Crippen molar-refractivity contribution in [3.63, 3.8) is 0 Å². The van der Waals surface area contributed by atoms with Crippen LogP contribution in [0.2, 0.25) is 0 Å². The fraction of sp³-hybridized carbons (Fsp3) is 0.500. The number of carboxylic acids is 1. The van der Waals surface area contributed by atoms with E-state index in [1.165, 1.54) is 16.0 Å². The van der Waals surface area contributed by atoms with Crippen molar-refractivity contribution >= 4 is 17.7 Å². The quantitative estimate of drug-likeness (QED) is 0.860. The minimum absolute atomic E-state index is 0.207. The van der Waals surface area contributed by atoms with Crippen LogP contribution in [-0.4, -0.2) is 22.9 Å². The third kappa shape index (κ3) is 2.04. The van der Waals surface area contributed by atoms with Gasteiger partial charge >= 0.3 is 5.97 Å². The van der Waals surface area contributed by atoms with Crippen LogP contribution in [0, 0.1) is 5.92 Å². The molecule has 0 aromatic heterocycles. The number of hydrogen-bond donors (Lipinski definition) is 2. The zero-order valence-corrected chi connectivity index (χ0v) is 11.2. The Kier molecular flexibility index (Phi) is 3.08. The summed E-state index contributed by atoms with van der Waals surface area (Å²) < 4.78 is 0. The number of carboxylic acid groups (broad SMARTS) is 1. The molecule has 1 aromatic rings. The van der Waals surface area contributed by atoms with E-state index >= 15 is 0 Å². The molecule has 0 amide bonds. The Morgan fingerprint density at radius 2 is 2.33 bits per heavy atom. The van der Waals surface area contributed by atoms with Gasteiger partial charge in [-0.2, -0.15) is 0 Å². The predicted molar refractivity (Wildman–Crippen MR) is 72.0 cm³/mol. The molecule has 3 nitrogen and oxygen atoms in total. The van der Waals surface area contributed by atoms with Gasteiger partial charge in [0.1, 0.15) is 0 Å². The molecule has 18 heavy (non-hydrogen) atoms. The first-order valence-electron chi connectivity index (χ1n) is 6.40. The van der Waals surface area contributed by atoms with Gasteiger partial charge in [0.25, 0.3) is 0 Å². The number of aliphatic carboxylic acids is 1. The molecule has 1 aromatic carbocycles. The number of thioether (sulfide) groups is 1. The topological polar surface area (TPSA) is 49.3 Å². The molecular weight excluding hydrogens is 246 g/mol. The van der Waals surface area contributed by atoms with Crippen molar-refractivity contribution in [3.05, 3.63) is 29.3 Å². The van der Waals surface area contributed by atoms with E-state index in [4.69, 9.17) is 5.11 Å². The zero-order chi connectivity index (χ0) is 12.7.